The van der Waals surface area contributed by atoms with E-state index in [0.717, 1.165) is 12.8 Å². The van der Waals surface area contributed by atoms with Gasteiger partial charge in [-0.15, -0.1) is 0 Å². The van der Waals surface area contributed by atoms with Gasteiger partial charge < -0.3 is 9.84 Å². The zero-order chi connectivity index (χ0) is 15.6. The fourth-order valence-electron chi connectivity index (χ4n) is 2.45. The Morgan fingerprint density at radius 1 is 1.43 bits per heavy atom. The minimum Gasteiger partial charge on any atom is -0.478 e. The molecule has 1 aliphatic rings. The smallest absolute Gasteiger partial charge is 0.336 e. The molecule has 1 aromatic carbocycles. The Morgan fingerprint density at radius 3 is 2.76 bits per heavy atom. The lowest BCUT2D eigenvalue weighted by molar-refractivity contribution is 0.0695. The van der Waals surface area contributed by atoms with Crippen LogP contribution in [0.5, 0.6) is 0 Å². The van der Waals surface area contributed by atoms with Crippen LogP contribution < -0.4 is 4.72 Å². The normalized spacial score (nSPS) is 22.4. The first kappa shape index (κ1) is 16.7. The van der Waals surface area contributed by atoms with Gasteiger partial charge in [-0.1, -0.05) is 0 Å². The third kappa shape index (κ3) is 3.74. The lowest BCUT2D eigenvalue weighted by Gasteiger charge is -2.19. The highest BCUT2D eigenvalue weighted by atomic mass is 127. The topological polar surface area (TPSA) is 92.7 Å². The van der Waals surface area contributed by atoms with Gasteiger partial charge in [-0.05, 0) is 60.1 Å². The third-order valence-corrected chi connectivity index (χ3v) is 5.97. The van der Waals surface area contributed by atoms with E-state index in [1.54, 1.807) is 7.11 Å². The molecule has 1 saturated carbocycles. The lowest BCUT2D eigenvalue weighted by Crippen LogP contribution is -2.40. The van der Waals surface area contributed by atoms with Crippen LogP contribution in [0.15, 0.2) is 23.1 Å². The zero-order valence-electron chi connectivity index (χ0n) is 11.4. The highest BCUT2D eigenvalue weighted by molar-refractivity contribution is 14.1. The molecule has 1 aromatic rings. The van der Waals surface area contributed by atoms with Crippen LogP contribution in [0.4, 0.5) is 0 Å². The van der Waals surface area contributed by atoms with Crippen molar-refractivity contribution in [3.63, 3.8) is 0 Å². The molecular formula is C13H16INO5S. The minimum atomic E-state index is -3.76. The standard InChI is InChI=1S/C13H16INO5S/c1-20-12-4-2-3-11(12)15-21(18,19)8-5-6-10(14)9(7-8)13(16)17/h5-7,11-12,15H,2-4H2,1H3,(H,16,17). The van der Waals surface area contributed by atoms with Gasteiger partial charge >= 0.3 is 5.97 Å². The summed E-state index contributed by atoms with van der Waals surface area (Å²) in [6, 6.07) is 3.81. The van der Waals surface area contributed by atoms with Crippen molar-refractivity contribution < 1.29 is 23.1 Å². The van der Waals surface area contributed by atoms with Crippen molar-refractivity contribution in [2.45, 2.75) is 36.3 Å². The Kier molecular flexibility index (Phi) is 5.23. The summed E-state index contributed by atoms with van der Waals surface area (Å²) in [5, 5.41) is 9.08. The number of carboxylic acids is 1. The Hall–Kier alpha value is -0.710. The number of carboxylic acid groups (broad SMARTS) is 1. The maximum atomic E-state index is 12.4. The molecule has 2 N–H and O–H groups in total. The van der Waals surface area contributed by atoms with E-state index in [1.807, 2.05) is 22.6 Å². The molecule has 2 atom stereocenters. The first-order valence-corrected chi connectivity index (χ1v) is 8.99. The van der Waals surface area contributed by atoms with E-state index in [0.29, 0.717) is 9.99 Å². The molecule has 0 heterocycles. The van der Waals surface area contributed by atoms with Gasteiger partial charge in [0.1, 0.15) is 0 Å². The Balaban J connectivity index is 2.27. The second-order valence-corrected chi connectivity index (χ2v) is 7.76. The van der Waals surface area contributed by atoms with Crippen molar-refractivity contribution in [3.05, 3.63) is 27.3 Å². The van der Waals surface area contributed by atoms with Gasteiger partial charge in [-0.25, -0.2) is 17.9 Å². The Bertz CT molecular complexity index is 646. The molecule has 2 unspecified atom stereocenters. The number of sulfonamides is 1. The number of halogens is 1. The van der Waals surface area contributed by atoms with E-state index < -0.39 is 16.0 Å². The van der Waals surface area contributed by atoms with Crippen LogP contribution in [0.25, 0.3) is 0 Å². The number of aromatic carboxylic acids is 1. The van der Waals surface area contributed by atoms with Gasteiger partial charge in [0.05, 0.1) is 16.6 Å². The van der Waals surface area contributed by atoms with E-state index in [-0.39, 0.29) is 22.6 Å². The quantitative estimate of drug-likeness (QED) is 0.703. The average molecular weight is 425 g/mol. The summed E-state index contributed by atoms with van der Waals surface area (Å²) in [6.45, 7) is 0. The SMILES string of the molecule is COC1CCCC1NS(=O)(=O)c1ccc(I)c(C(=O)O)c1. The van der Waals surface area contributed by atoms with Crippen molar-refractivity contribution in [2.75, 3.05) is 7.11 Å². The number of carbonyl (C=O) groups is 1. The van der Waals surface area contributed by atoms with Crippen molar-refractivity contribution in [1.82, 2.24) is 4.72 Å². The summed E-state index contributed by atoms with van der Waals surface area (Å²) < 4.78 is 33.1. The van der Waals surface area contributed by atoms with Crippen molar-refractivity contribution in [1.29, 1.82) is 0 Å². The Morgan fingerprint density at radius 2 is 2.14 bits per heavy atom. The van der Waals surface area contributed by atoms with Crippen molar-refractivity contribution in [2.24, 2.45) is 0 Å². The first-order chi connectivity index (χ1) is 9.85. The molecule has 0 spiro atoms. The highest BCUT2D eigenvalue weighted by Crippen LogP contribution is 2.24. The summed E-state index contributed by atoms with van der Waals surface area (Å²) in [7, 11) is -2.20. The molecule has 0 amide bonds. The van der Waals surface area contributed by atoms with E-state index in [2.05, 4.69) is 4.72 Å². The van der Waals surface area contributed by atoms with Gasteiger partial charge in [0.2, 0.25) is 10.0 Å². The fraction of sp³-hybridized carbons (Fsp3) is 0.462. The molecule has 0 aromatic heterocycles. The van der Waals surface area contributed by atoms with Crippen LogP contribution in [-0.4, -0.2) is 38.7 Å². The van der Waals surface area contributed by atoms with Gasteiger partial charge in [0, 0.05) is 16.7 Å². The van der Waals surface area contributed by atoms with E-state index in [4.69, 9.17) is 9.84 Å². The molecule has 116 valence electrons. The van der Waals surface area contributed by atoms with Crippen LogP contribution in [0.1, 0.15) is 29.6 Å². The molecule has 0 saturated heterocycles. The second-order valence-electron chi connectivity index (χ2n) is 4.88. The van der Waals surface area contributed by atoms with Crippen LogP contribution in [0.3, 0.4) is 0 Å². The predicted molar refractivity (Wildman–Crippen MR) is 84.9 cm³/mol. The minimum absolute atomic E-state index is 0.0202. The van der Waals surface area contributed by atoms with Crippen LogP contribution in [-0.2, 0) is 14.8 Å². The van der Waals surface area contributed by atoms with Crippen molar-refractivity contribution >= 4 is 38.6 Å². The van der Waals surface area contributed by atoms with E-state index in [9.17, 15) is 13.2 Å². The molecule has 0 radical (unpaired) electrons. The van der Waals surface area contributed by atoms with Crippen LogP contribution in [0.2, 0.25) is 0 Å². The molecule has 0 bridgehead atoms. The number of hydrogen-bond donors (Lipinski definition) is 2. The zero-order valence-corrected chi connectivity index (χ0v) is 14.3. The molecule has 1 fully saturated rings. The fourth-order valence-corrected chi connectivity index (χ4v) is 4.34. The summed E-state index contributed by atoms with van der Waals surface area (Å²) in [4.78, 5) is 11.1. The molecular weight excluding hydrogens is 409 g/mol. The van der Waals surface area contributed by atoms with Crippen LogP contribution in [0, 0.1) is 3.57 Å². The van der Waals surface area contributed by atoms with Gasteiger partial charge in [0.25, 0.3) is 0 Å². The second kappa shape index (κ2) is 6.59. The summed E-state index contributed by atoms with van der Waals surface area (Å²) in [5.41, 5.74) is -0.0202. The molecule has 6 nitrogen and oxygen atoms in total. The summed E-state index contributed by atoms with van der Waals surface area (Å²) in [5.74, 6) is -1.15. The number of nitrogens with one attached hydrogen (secondary N) is 1. The van der Waals surface area contributed by atoms with Gasteiger partial charge in [0.15, 0.2) is 0 Å². The molecule has 21 heavy (non-hydrogen) atoms. The lowest BCUT2D eigenvalue weighted by atomic mass is 10.2. The average Bonchev–Trinajstić information content (AvgIpc) is 2.85. The first-order valence-electron chi connectivity index (χ1n) is 6.43. The molecule has 1 aliphatic carbocycles. The molecule has 0 aliphatic heterocycles. The number of rotatable bonds is 5. The largest absolute Gasteiger partial charge is 0.478 e. The Labute approximate surface area is 137 Å². The van der Waals surface area contributed by atoms with Crippen molar-refractivity contribution in [3.8, 4) is 0 Å². The van der Waals surface area contributed by atoms with Crippen LogP contribution >= 0.6 is 22.6 Å². The summed E-state index contributed by atoms with van der Waals surface area (Å²) in [6.07, 6.45) is 2.30. The van der Waals surface area contributed by atoms with Gasteiger partial charge in [-0.3, -0.25) is 0 Å². The number of methoxy groups -OCH3 is 1. The van der Waals surface area contributed by atoms with E-state index >= 15 is 0 Å². The maximum absolute atomic E-state index is 12.4. The monoisotopic (exact) mass is 425 g/mol. The van der Waals surface area contributed by atoms with Gasteiger partial charge in [-0.2, -0.15) is 0 Å². The predicted octanol–water partition coefficient (Wildman–Crippen LogP) is 1.84. The maximum Gasteiger partial charge on any atom is 0.336 e. The molecule has 2 rings (SSSR count). The third-order valence-electron chi connectivity index (χ3n) is 3.54. The number of benzene rings is 1. The molecule has 8 heteroatoms. The van der Waals surface area contributed by atoms with E-state index in [1.165, 1.54) is 18.2 Å². The summed E-state index contributed by atoms with van der Waals surface area (Å²) >= 11 is 1.86. The highest BCUT2D eigenvalue weighted by Gasteiger charge is 2.31. The number of hydrogen-bond acceptors (Lipinski definition) is 4. The number of ether oxygens (including phenoxy) is 1.